The van der Waals surface area contributed by atoms with Crippen LogP contribution < -0.4 is 25.4 Å². The molecular weight excluding hydrogens is 434 g/mol. The van der Waals surface area contributed by atoms with Crippen LogP contribution in [0.15, 0.2) is 97.3 Å². The monoisotopic (exact) mass is 464 g/mol. The molecule has 0 spiro atoms. The van der Waals surface area contributed by atoms with E-state index in [-0.39, 0.29) is 11.9 Å². The fourth-order valence-electron chi connectivity index (χ4n) is 4.39. The Morgan fingerprint density at radius 2 is 1.46 bits per heavy atom. The van der Waals surface area contributed by atoms with Crippen LogP contribution in [0.3, 0.4) is 0 Å². The van der Waals surface area contributed by atoms with Gasteiger partial charge in [0.05, 0.1) is 11.7 Å². The van der Waals surface area contributed by atoms with E-state index in [1.165, 1.54) is 11.3 Å². The van der Waals surface area contributed by atoms with Gasteiger partial charge in [-0.05, 0) is 66.6 Å². The van der Waals surface area contributed by atoms with Gasteiger partial charge in [0.15, 0.2) is 12.4 Å². The van der Waals surface area contributed by atoms with E-state index in [2.05, 4.69) is 52.2 Å². The Balaban J connectivity index is 1.19. The highest BCUT2D eigenvalue weighted by Crippen LogP contribution is 2.35. The molecule has 0 aliphatic carbocycles. The summed E-state index contributed by atoms with van der Waals surface area (Å²) in [6, 6.07) is 28.2. The highest BCUT2D eigenvalue weighted by Gasteiger charge is 2.22. The molecule has 2 heterocycles. The summed E-state index contributed by atoms with van der Waals surface area (Å²) in [4.78, 5) is 15.0. The number of aryl methyl sites for hydroxylation is 1. The second-order valence-corrected chi connectivity index (χ2v) is 8.95. The number of amides is 1. The lowest BCUT2D eigenvalue weighted by atomic mass is 9.96. The van der Waals surface area contributed by atoms with E-state index >= 15 is 0 Å². The summed E-state index contributed by atoms with van der Waals surface area (Å²) in [5, 5.41) is 9.98. The van der Waals surface area contributed by atoms with Crippen LogP contribution in [0.1, 0.15) is 28.4 Å². The van der Waals surface area contributed by atoms with Gasteiger partial charge < -0.3 is 20.9 Å². The quantitative estimate of drug-likeness (QED) is 0.330. The average molecular weight is 465 g/mol. The minimum Gasteiger partial charge on any atom is -0.378 e. The van der Waals surface area contributed by atoms with Crippen molar-refractivity contribution in [2.45, 2.75) is 12.5 Å². The summed E-state index contributed by atoms with van der Waals surface area (Å²) in [5.41, 5.74) is 6.94. The number of rotatable bonds is 6. The number of nitrogens with zero attached hydrogens (tertiary/aromatic N) is 2. The van der Waals surface area contributed by atoms with Gasteiger partial charge in [0.2, 0.25) is 0 Å². The topological polar surface area (TPSA) is 60.3 Å². The number of aromatic nitrogens is 1. The number of hydrogen-bond donors (Lipinski definition) is 3. The summed E-state index contributed by atoms with van der Waals surface area (Å²) in [5.74, 6) is -0.131. The Morgan fingerprint density at radius 1 is 0.829 bits per heavy atom. The van der Waals surface area contributed by atoms with E-state index in [9.17, 15) is 4.79 Å². The second kappa shape index (κ2) is 9.89. The molecule has 1 unspecified atom stereocenters. The van der Waals surface area contributed by atoms with Crippen LogP contribution in [0.4, 0.5) is 28.4 Å². The largest absolute Gasteiger partial charge is 0.378 e. The van der Waals surface area contributed by atoms with E-state index in [1.807, 2.05) is 84.7 Å². The normalized spacial score (nSPS) is 14.7. The lowest BCUT2D eigenvalue weighted by Gasteiger charge is -2.34. The van der Waals surface area contributed by atoms with Gasteiger partial charge in [0.1, 0.15) is 7.05 Å². The Labute approximate surface area is 206 Å². The predicted molar refractivity (Wildman–Crippen MR) is 142 cm³/mol. The van der Waals surface area contributed by atoms with Gasteiger partial charge in [-0.2, -0.15) is 0 Å². The first-order chi connectivity index (χ1) is 17.0. The van der Waals surface area contributed by atoms with Crippen molar-refractivity contribution in [3.8, 4) is 0 Å². The molecule has 0 bridgehead atoms. The number of carbonyl (C=O) groups is 1. The number of benzene rings is 3. The maximum atomic E-state index is 12.7. The van der Waals surface area contributed by atoms with Crippen molar-refractivity contribution >= 4 is 34.3 Å². The average Bonchev–Trinajstić information content (AvgIpc) is 2.89. The molecule has 0 saturated heterocycles. The molecule has 0 saturated carbocycles. The highest BCUT2D eigenvalue weighted by atomic mass is 16.1. The predicted octanol–water partition coefficient (Wildman–Crippen LogP) is 5.50. The molecule has 35 heavy (non-hydrogen) atoms. The van der Waals surface area contributed by atoms with Crippen LogP contribution in [-0.4, -0.2) is 19.5 Å². The first-order valence-corrected chi connectivity index (χ1v) is 11.9. The fraction of sp³-hybridized carbons (Fsp3) is 0.172. The first-order valence-electron chi connectivity index (χ1n) is 11.9. The molecule has 0 fully saturated rings. The number of carbonyl (C=O) groups excluding carboxylic acids is 1. The van der Waals surface area contributed by atoms with Gasteiger partial charge >= 0.3 is 0 Å². The van der Waals surface area contributed by atoms with E-state index in [0.29, 0.717) is 5.56 Å². The van der Waals surface area contributed by atoms with Gasteiger partial charge in [-0.15, -0.1) is 0 Å². The van der Waals surface area contributed by atoms with Crippen molar-refractivity contribution in [2.75, 3.05) is 34.4 Å². The van der Waals surface area contributed by atoms with E-state index in [0.717, 1.165) is 35.7 Å². The lowest BCUT2D eigenvalue weighted by molar-refractivity contribution is -0.671. The maximum Gasteiger partial charge on any atom is 0.255 e. The molecule has 6 heteroatoms. The molecule has 1 aromatic heterocycles. The van der Waals surface area contributed by atoms with Crippen LogP contribution in [-0.2, 0) is 7.05 Å². The van der Waals surface area contributed by atoms with Crippen molar-refractivity contribution in [3.63, 3.8) is 0 Å². The van der Waals surface area contributed by atoms with Crippen molar-refractivity contribution in [3.05, 3.63) is 108 Å². The van der Waals surface area contributed by atoms with Gasteiger partial charge in [-0.1, -0.05) is 18.2 Å². The maximum absolute atomic E-state index is 12.7. The summed E-state index contributed by atoms with van der Waals surface area (Å²) in [7, 11) is 4.12. The Morgan fingerprint density at radius 3 is 2.20 bits per heavy atom. The van der Waals surface area contributed by atoms with Crippen LogP contribution >= 0.6 is 0 Å². The molecular formula is C29H30N5O+. The smallest absolute Gasteiger partial charge is 0.255 e. The summed E-state index contributed by atoms with van der Waals surface area (Å²) in [6.45, 7) is 1.02. The van der Waals surface area contributed by atoms with Gasteiger partial charge in [-0.25, -0.2) is 4.57 Å². The first kappa shape index (κ1) is 22.5. The molecule has 3 aromatic carbocycles. The number of nitrogens with one attached hydrogen (secondary N) is 3. The van der Waals surface area contributed by atoms with Crippen molar-refractivity contribution in [1.29, 1.82) is 0 Å². The van der Waals surface area contributed by atoms with Crippen molar-refractivity contribution < 1.29 is 9.36 Å². The molecule has 1 amide bonds. The molecule has 5 rings (SSSR count). The molecule has 1 atom stereocenters. The molecule has 0 radical (unpaired) electrons. The van der Waals surface area contributed by atoms with Crippen molar-refractivity contribution in [1.82, 2.24) is 0 Å². The third-order valence-electron chi connectivity index (χ3n) is 6.37. The molecule has 6 nitrogen and oxygen atoms in total. The zero-order valence-corrected chi connectivity index (χ0v) is 20.0. The zero-order chi connectivity index (χ0) is 24.2. The number of para-hydroxylation sites is 1. The third kappa shape index (κ3) is 5.27. The molecule has 1 aliphatic rings. The molecule has 176 valence electrons. The van der Waals surface area contributed by atoms with E-state index < -0.39 is 0 Å². The SMILES string of the molecule is CN1CCC(Nc2ccc(NC(=O)c3ccc(Nc4cc[n+](C)cc4)cc3)cc2)c2ccccc21. The minimum absolute atomic E-state index is 0.131. The van der Waals surface area contributed by atoms with Crippen LogP contribution in [0.25, 0.3) is 0 Å². The Kier molecular flexibility index (Phi) is 6.35. The third-order valence-corrected chi connectivity index (χ3v) is 6.37. The van der Waals surface area contributed by atoms with Gasteiger partial charge in [-0.3, -0.25) is 4.79 Å². The van der Waals surface area contributed by atoms with Gasteiger partial charge in [0, 0.05) is 54.0 Å². The Hall–Kier alpha value is -4.32. The summed E-state index contributed by atoms with van der Waals surface area (Å²) in [6.07, 6.45) is 5.01. The van der Waals surface area contributed by atoms with E-state index in [1.54, 1.807) is 0 Å². The second-order valence-electron chi connectivity index (χ2n) is 8.95. The standard InChI is InChI=1S/C29H29N5O/c1-33-18-15-25(16-19-33)30-22-9-7-21(8-10-22)29(35)32-24-13-11-23(12-14-24)31-27-17-20-34(2)28-6-4-3-5-26(27)28/h3-16,18-19,27,31H,17,20H2,1-2H3,(H,32,35)/p+1. The number of pyridine rings is 1. The van der Waals surface area contributed by atoms with Gasteiger partial charge in [0.25, 0.3) is 5.91 Å². The molecule has 1 aliphatic heterocycles. The fourth-order valence-corrected chi connectivity index (χ4v) is 4.39. The van der Waals surface area contributed by atoms with Crippen molar-refractivity contribution in [2.24, 2.45) is 7.05 Å². The van der Waals surface area contributed by atoms with Crippen LogP contribution in [0, 0.1) is 0 Å². The minimum atomic E-state index is -0.131. The lowest BCUT2D eigenvalue weighted by Crippen LogP contribution is -2.30. The number of hydrogen-bond acceptors (Lipinski definition) is 4. The highest BCUT2D eigenvalue weighted by molar-refractivity contribution is 6.04. The zero-order valence-electron chi connectivity index (χ0n) is 20.0. The Bertz CT molecular complexity index is 1300. The molecule has 3 N–H and O–H groups in total. The van der Waals surface area contributed by atoms with E-state index in [4.69, 9.17) is 0 Å². The molecule has 4 aromatic rings. The van der Waals surface area contributed by atoms with Crippen LogP contribution in [0.5, 0.6) is 0 Å². The summed E-state index contributed by atoms with van der Waals surface area (Å²) >= 11 is 0. The number of anilines is 5. The van der Waals surface area contributed by atoms with Crippen LogP contribution in [0.2, 0.25) is 0 Å². The summed E-state index contributed by atoms with van der Waals surface area (Å²) < 4.78 is 1.98. The number of fused-ring (bicyclic) bond motifs is 1.